The van der Waals surface area contributed by atoms with Gasteiger partial charge in [0.2, 0.25) is 11.8 Å². The third-order valence-corrected chi connectivity index (χ3v) is 9.05. The molecule has 13 nitrogen and oxygen atoms in total. The molecule has 4 aromatic rings. The van der Waals surface area contributed by atoms with Crippen molar-refractivity contribution in [3.8, 4) is 16.9 Å². The maximum atomic E-state index is 12.7. The number of carbonyl (C=O) groups excluding carboxylic acids is 2. The minimum Gasteiger partial charge on any atom is -0.490 e. The molecule has 0 bridgehead atoms. The zero-order valence-electron chi connectivity index (χ0n) is 31.1. The third kappa shape index (κ3) is 15.0. The molecule has 0 saturated heterocycles. The standard InChI is InChI=1S/C40H52N4O9S/c1-3-16-49-17-18-50-19-20-51-21-22-52-23-24-53-35-11-10-32(33-13-25-54-40(33)35)30-6-8-31(9-7-30)34(27-39(47)48)44-38(46)28-43-37(45)5-4-14-41-36-26-29(2)12-15-42-36/h6-13,15,25-26,34H,3-5,14,16-24,27-28H2,1-2H3,(H,41,42)(H,43,45)(H,44,46)(H,47,48)/t34-/m0/s1. The Morgan fingerprint density at radius 1 is 0.833 bits per heavy atom. The summed E-state index contributed by atoms with van der Waals surface area (Å²) < 4.78 is 29.1. The molecule has 4 rings (SSSR count). The molecule has 292 valence electrons. The molecule has 2 heterocycles. The van der Waals surface area contributed by atoms with Crippen LogP contribution >= 0.6 is 11.3 Å². The van der Waals surface area contributed by atoms with Crippen LogP contribution in [0.4, 0.5) is 5.82 Å². The Hall–Kier alpha value is -4.60. The SMILES string of the molecule is CCCOCCOCCOCCOCCOc1ccc(-c2ccc([C@H](CC(=O)O)NC(=O)CNC(=O)CCCNc3cc(C)ccn3)cc2)c2ccsc12. The van der Waals surface area contributed by atoms with Crippen LogP contribution < -0.4 is 20.7 Å². The van der Waals surface area contributed by atoms with Gasteiger partial charge in [-0.1, -0.05) is 31.2 Å². The summed E-state index contributed by atoms with van der Waals surface area (Å²) in [5.41, 5.74) is 3.67. The van der Waals surface area contributed by atoms with Gasteiger partial charge in [0.25, 0.3) is 0 Å². The number of carboxylic acids is 1. The van der Waals surface area contributed by atoms with E-state index in [1.165, 1.54) is 0 Å². The molecule has 0 aliphatic carbocycles. The van der Waals surface area contributed by atoms with Crippen LogP contribution in [0.25, 0.3) is 21.2 Å². The number of thiophene rings is 1. The molecule has 54 heavy (non-hydrogen) atoms. The Morgan fingerprint density at radius 2 is 1.52 bits per heavy atom. The van der Waals surface area contributed by atoms with Gasteiger partial charge >= 0.3 is 5.97 Å². The van der Waals surface area contributed by atoms with E-state index in [9.17, 15) is 19.5 Å². The minimum absolute atomic E-state index is 0.231. The summed E-state index contributed by atoms with van der Waals surface area (Å²) in [7, 11) is 0. The number of anilines is 1. The van der Waals surface area contributed by atoms with Gasteiger partial charge in [0.15, 0.2) is 0 Å². The molecule has 0 spiro atoms. The highest BCUT2D eigenvalue weighted by Crippen LogP contribution is 2.38. The number of benzene rings is 2. The molecule has 2 aromatic carbocycles. The van der Waals surface area contributed by atoms with Crippen LogP contribution in [-0.4, -0.2) is 100 Å². The summed E-state index contributed by atoms with van der Waals surface area (Å²) in [6.45, 7) is 9.07. The maximum absolute atomic E-state index is 12.7. The summed E-state index contributed by atoms with van der Waals surface area (Å²) in [5, 5.41) is 21.2. The van der Waals surface area contributed by atoms with E-state index in [0.29, 0.717) is 71.4 Å². The second-order valence-electron chi connectivity index (χ2n) is 12.4. The molecule has 14 heteroatoms. The Bertz CT molecular complexity index is 1730. The molecule has 0 fully saturated rings. The van der Waals surface area contributed by atoms with Crippen molar-refractivity contribution in [2.75, 3.05) is 77.9 Å². The Balaban J connectivity index is 1.19. The lowest BCUT2D eigenvalue weighted by Gasteiger charge is -2.18. The molecule has 0 aliphatic heterocycles. The average Bonchev–Trinajstić information content (AvgIpc) is 3.66. The summed E-state index contributed by atoms with van der Waals surface area (Å²) in [4.78, 5) is 41.0. The molecular weight excluding hydrogens is 713 g/mol. The largest absolute Gasteiger partial charge is 0.490 e. The first-order valence-electron chi connectivity index (χ1n) is 18.3. The second kappa shape index (κ2) is 23.9. The summed E-state index contributed by atoms with van der Waals surface area (Å²) >= 11 is 1.59. The first-order chi connectivity index (χ1) is 26.3. The summed E-state index contributed by atoms with van der Waals surface area (Å²) in [6.07, 6.45) is 3.20. The van der Waals surface area contributed by atoms with Gasteiger partial charge in [0, 0.05) is 31.2 Å². The number of aromatic nitrogens is 1. The van der Waals surface area contributed by atoms with Gasteiger partial charge in [-0.2, -0.15) is 0 Å². The lowest BCUT2D eigenvalue weighted by molar-refractivity contribution is -0.138. The molecular formula is C40H52N4O9S. The van der Waals surface area contributed by atoms with Gasteiger partial charge in [-0.25, -0.2) is 4.98 Å². The zero-order valence-corrected chi connectivity index (χ0v) is 31.9. The minimum atomic E-state index is -1.05. The zero-order chi connectivity index (χ0) is 38.4. The number of amides is 2. The van der Waals surface area contributed by atoms with Crippen LogP contribution in [0.1, 0.15) is 49.8 Å². The number of ether oxygens (including phenoxy) is 5. The van der Waals surface area contributed by atoms with E-state index in [0.717, 1.165) is 51.4 Å². The van der Waals surface area contributed by atoms with Gasteiger partial charge in [-0.05, 0) is 77.7 Å². The van der Waals surface area contributed by atoms with Gasteiger partial charge in [0.1, 0.15) is 18.2 Å². The van der Waals surface area contributed by atoms with E-state index in [4.69, 9.17) is 23.7 Å². The fourth-order valence-electron chi connectivity index (χ4n) is 5.45. The summed E-state index contributed by atoms with van der Waals surface area (Å²) in [5.74, 6) is -0.277. The molecule has 0 aliphatic rings. The number of fused-ring (bicyclic) bond motifs is 1. The predicted molar refractivity (Wildman–Crippen MR) is 209 cm³/mol. The first-order valence-corrected chi connectivity index (χ1v) is 19.2. The Morgan fingerprint density at radius 3 is 2.19 bits per heavy atom. The number of nitrogens with one attached hydrogen (secondary N) is 3. The molecule has 0 radical (unpaired) electrons. The van der Waals surface area contributed by atoms with Gasteiger partial charge in [-0.3, -0.25) is 14.4 Å². The van der Waals surface area contributed by atoms with Crippen LogP contribution in [0.2, 0.25) is 0 Å². The van der Waals surface area contributed by atoms with Crippen LogP contribution in [0.15, 0.2) is 66.2 Å². The lowest BCUT2D eigenvalue weighted by Crippen LogP contribution is -2.39. The van der Waals surface area contributed by atoms with Crippen LogP contribution in [0.3, 0.4) is 0 Å². The number of nitrogens with zero attached hydrogens (tertiary/aromatic N) is 1. The number of carboxylic acid groups (broad SMARTS) is 1. The number of carbonyl (C=O) groups is 3. The molecule has 1 atom stereocenters. The predicted octanol–water partition coefficient (Wildman–Crippen LogP) is 5.77. The van der Waals surface area contributed by atoms with E-state index in [-0.39, 0.29) is 25.3 Å². The highest BCUT2D eigenvalue weighted by atomic mass is 32.1. The van der Waals surface area contributed by atoms with Crippen molar-refractivity contribution in [2.45, 2.75) is 45.6 Å². The van der Waals surface area contributed by atoms with Crippen molar-refractivity contribution in [3.05, 3.63) is 77.3 Å². The number of pyridine rings is 1. The quantitative estimate of drug-likeness (QED) is 0.0545. The van der Waals surface area contributed by atoms with Gasteiger partial charge in [0.05, 0.1) is 70.0 Å². The average molecular weight is 765 g/mol. The molecule has 4 N–H and O–H groups in total. The Labute approximate surface area is 320 Å². The first kappa shape index (κ1) is 42.1. The maximum Gasteiger partial charge on any atom is 0.305 e. The van der Waals surface area contributed by atoms with Crippen molar-refractivity contribution < 1.29 is 43.2 Å². The van der Waals surface area contributed by atoms with Crippen molar-refractivity contribution in [3.63, 3.8) is 0 Å². The van der Waals surface area contributed by atoms with E-state index < -0.39 is 17.9 Å². The third-order valence-electron chi connectivity index (χ3n) is 8.12. The highest BCUT2D eigenvalue weighted by molar-refractivity contribution is 7.17. The number of aryl methyl sites for hydroxylation is 1. The van der Waals surface area contributed by atoms with E-state index in [1.54, 1.807) is 17.5 Å². The molecule has 2 amide bonds. The van der Waals surface area contributed by atoms with Gasteiger partial charge in [-0.15, -0.1) is 11.3 Å². The van der Waals surface area contributed by atoms with Crippen molar-refractivity contribution in [1.29, 1.82) is 0 Å². The normalized spacial score (nSPS) is 11.7. The number of hydrogen-bond acceptors (Lipinski definition) is 11. The van der Waals surface area contributed by atoms with Crippen molar-refractivity contribution >= 4 is 45.0 Å². The smallest absolute Gasteiger partial charge is 0.305 e. The number of aliphatic carboxylic acids is 1. The van der Waals surface area contributed by atoms with Crippen LogP contribution in [0.5, 0.6) is 5.75 Å². The highest BCUT2D eigenvalue weighted by Gasteiger charge is 2.19. The van der Waals surface area contributed by atoms with Crippen molar-refractivity contribution in [1.82, 2.24) is 15.6 Å². The van der Waals surface area contributed by atoms with E-state index in [2.05, 4.69) is 27.9 Å². The summed E-state index contributed by atoms with van der Waals surface area (Å²) in [6, 6.07) is 16.5. The van der Waals surface area contributed by atoms with Crippen molar-refractivity contribution in [2.24, 2.45) is 0 Å². The number of rotatable bonds is 27. The monoisotopic (exact) mass is 764 g/mol. The lowest BCUT2D eigenvalue weighted by atomic mass is 9.97. The second-order valence-corrected chi connectivity index (χ2v) is 13.4. The molecule has 2 aromatic heterocycles. The van der Waals surface area contributed by atoms with E-state index >= 15 is 0 Å². The number of hydrogen-bond donors (Lipinski definition) is 4. The topological polar surface area (TPSA) is 167 Å². The molecule has 0 unspecified atom stereocenters. The fraction of sp³-hybridized carbons (Fsp3) is 0.450. The van der Waals surface area contributed by atoms with Crippen LogP contribution in [0, 0.1) is 6.92 Å². The molecule has 0 saturated carbocycles. The van der Waals surface area contributed by atoms with E-state index in [1.807, 2.05) is 66.9 Å². The Kier molecular flexibility index (Phi) is 18.7. The van der Waals surface area contributed by atoms with Gasteiger partial charge < -0.3 is 44.7 Å². The fourth-order valence-corrected chi connectivity index (χ4v) is 6.34. The van der Waals surface area contributed by atoms with Crippen LogP contribution in [-0.2, 0) is 33.3 Å².